The zero-order valence-corrected chi connectivity index (χ0v) is 17.6. The molecular weight excluding hydrogens is 544 g/mol. The standard InChI is InChI=1S/C15H19I2NO6/c1-3-22-13(19)7-5-4-6-8(7)14(20)23-10(6)11(5)24-15(21)9(16-2)12-17-18-12/h5-12,18H,3-4H2,1-2H3/q-2/t5?,6?,7-,8?,9?,10?,11?,12?/m1/s1. The Kier molecular flexibility index (Phi) is 4.69. The van der Waals surface area contributed by atoms with Gasteiger partial charge in [-0.2, -0.15) is 0 Å². The number of esters is 3. The fourth-order valence-electron chi connectivity index (χ4n) is 4.37. The predicted molar refractivity (Wildman–Crippen MR) is 71.6 cm³/mol. The average Bonchev–Trinajstić information content (AvgIpc) is 3.14. The maximum atomic E-state index is 12.6. The van der Waals surface area contributed by atoms with Gasteiger partial charge in [-0.3, -0.25) is 0 Å². The topological polar surface area (TPSA) is 101 Å². The molecule has 2 heterocycles. The zero-order chi connectivity index (χ0) is 17.0. The van der Waals surface area contributed by atoms with Crippen LogP contribution in [0.5, 0.6) is 0 Å². The van der Waals surface area contributed by atoms with Crippen molar-refractivity contribution in [3.8, 4) is 0 Å². The Morgan fingerprint density at radius 2 is 2.21 bits per heavy atom. The van der Waals surface area contributed by atoms with Gasteiger partial charge in [0.2, 0.25) is 0 Å². The van der Waals surface area contributed by atoms with Crippen molar-refractivity contribution in [2.75, 3.05) is 11.5 Å². The summed E-state index contributed by atoms with van der Waals surface area (Å²) < 4.78 is 20.1. The molecule has 0 spiro atoms. The number of hydrogen-bond donors (Lipinski definition) is 1. The summed E-state index contributed by atoms with van der Waals surface area (Å²) in [5.41, 5.74) is 0. The monoisotopic (exact) mass is 563 g/mol. The van der Waals surface area contributed by atoms with E-state index in [0.717, 1.165) is 0 Å². The molecule has 24 heavy (non-hydrogen) atoms. The van der Waals surface area contributed by atoms with Gasteiger partial charge in [0.1, 0.15) is 0 Å². The van der Waals surface area contributed by atoms with Crippen LogP contribution in [0.3, 0.4) is 0 Å². The maximum absolute atomic E-state index is 12.6. The second-order valence-corrected chi connectivity index (χ2v) is 11.6. The third-order valence-electron chi connectivity index (χ3n) is 5.31. The van der Waals surface area contributed by atoms with Gasteiger partial charge in [-0.15, -0.1) is 0 Å². The molecule has 4 aliphatic rings. The summed E-state index contributed by atoms with van der Waals surface area (Å²) in [6, 6.07) is 0. The molecule has 2 saturated heterocycles. The fraction of sp³-hybridized carbons (Fsp3) is 0.800. The van der Waals surface area contributed by atoms with E-state index in [1.807, 2.05) is 0 Å². The van der Waals surface area contributed by atoms with Crippen LogP contribution < -0.4 is 46.2 Å². The van der Waals surface area contributed by atoms with E-state index in [1.54, 1.807) is 6.92 Å². The number of alkyl halides is 3. The van der Waals surface area contributed by atoms with Gasteiger partial charge < -0.3 is 0 Å². The normalized spacial score (nSPS) is 43.1. The van der Waals surface area contributed by atoms with E-state index in [9.17, 15) is 14.4 Å². The summed E-state index contributed by atoms with van der Waals surface area (Å²) in [6.07, 6.45) is -0.169. The summed E-state index contributed by atoms with van der Waals surface area (Å²) in [5, 5.41) is 0. The van der Waals surface area contributed by atoms with Crippen LogP contribution in [-0.4, -0.2) is 49.6 Å². The Balaban J connectivity index is 1.53. The van der Waals surface area contributed by atoms with Crippen LogP contribution in [0.1, 0.15) is 13.3 Å². The molecule has 2 bridgehead atoms. The molecule has 0 aromatic carbocycles. The average molecular weight is 563 g/mol. The molecule has 8 atom stereocenters. The summed E-state index contributed by atoms with van der Waals surface area (Å²) in [6.45, 7) is 2.03. The van der Waals surface area contributed by atoms with Gasteiger partial charge in [0.25, 0.3) is 0 Å². The van der Waals surface area contributed by atoms with Crippen molar-refractivity contribution in [1.29, 1.82) is 0 Å². The predicted octanol–water partition coefficient (Wildman–Crippen LogP) is -6.71. The van der Waals surface area contributed by atoms with Crippen LogP contribution in [0.2, 0.25) is 0 Å². The summed E-state index contributed by atoms with van der Waals surface area (Å²) in [4.78, 5) is 39.2. The quantitative estimate of drug-likeness (QED) is 0.0653. The van der Waals surface area contributed by atoms with E-state index >= 15 is 0 Å². The van der Waals surface area contributed by atoms with Crippen molar-refractivity contribution in [1.82, 2.24) is 3.53 Å². The summed E-state index contributed by atoms with van der Waals surface area (Å²) in [5.74, 6) is -1.99. The molecule has 9 heteroatoms. The Morgan fingerprint density at radius 3 is 2.83 bits per heavy atom. The minimum atomic E-state index is -0.528. The molecule has 7 unspecified atom stereocenters. The Bertz CT molecular complexity index is 582. The minimum absolute atomic E-state index is 0.0176. The molecule has 4 fully saturated rings. The van der Waals surface area contributed by atoms with Gasteiger partial charge in [0.05, 0.1) is 0 Å². The zero-order valence-electron chi connectivity index (χ0n) is 13.2. The van der Waals surface area contributed by atoms with Gasteiger partial charge in [-0.25, -0.2) is 0 Å². The number of rotatable bonds is 6. The Morgan fingerprint density at radius 1 is 1.46 bits per heavy atom. The first-order chi connectivity index (χ1) is 11.6. The van der Waals surface area contributed by atoms with Crippen LogP contribution in [-0.2, 0) is 28.6 Å². The summed E-state index contributed by atoms with van der Waals surface area (Å²) in [7, 11) is 0. The van der Waals surface area contributed by atoms with E-state index in [2.05, 4.69) is 8.46 Å². The number of halogens is 2. The number of carbonyl (C=O) groups is 3. The van der Waals surface area contributed by atoms with Crippen molar-refractivity contribution in [2.24, 2.45) is 23.7 Å². The van der Waals surface area contributed by atoms with Crippen molar-refractivity contribution >= 4 is 17.9 Å². The second kappa shape index (κ2) is 6.53. The number of carbonyl (C=O) groups excluding carboxylic acids is 3. The fourth-order valence-corrected chi connectivity index (χ4v) is 10.4. The first kappa shape index (κ1) is 17.3. The Labute approximate surface area is 160 Å². The molecular formula is C15H19I2NO6-2. The third kappa shape index (κ3) is 2.65. The first-order valence-electron chi connectivity index (χ1n) is 8.00. The van der Waals surface area contributed by atoms with E-state index in [-0.39, 0.29) is 89.1 Å². The molecule has 2 aliphatic heterocycles. The second-order valence-electron chi connectivity index (χ2n) is 6.41. The number of hydrogen-bond acceptors (Lipinski definition) is 7. The molecule has 4 rings (SSSR count). The van der Waals surface area contributed by atoms with E-state index in [0.29, 0.717) is 10.5 Å². The molecule has 136 valence electrons. The van der Waals surface area contributed by atoms with Gasteiger partial charge in [0, 0.05) is 0 Å². The molecule has 0 aromatic heterocycles. The van der Waals surface area contributed by atoms with Crippen LogP contribution >= 0.6 is 0 Å². The Hall–Kier alpha value is -0.170. The van der Waals surface area contributed by atoms with Gasteiger partial charge in [-0.1, -0.05) is 0 Å². The van der Waals surface area contributed by atoms with E-state index in [4.69, 9.17) is 14.2 Å². The van der Waals surface area contributed by atoms with Gasteiger partial charge in [0.15, 0.2) is 0 Å². The molecule has 0 radical (unpaired) electrons. The molecule has 7 nitrogen and oxygen atoms in total. The third-order valence-corrected chi connectivity index (χ3v) is 11.3. The van der Waals surface area contributed by atoms with Crippen molar-refractivity contribution in [3.05, 3.63) is 0 Å². The van der Waals surface area contributed by atoms with Crippen molar-refractivity contribution < 1.29 is 71.3 Å². The van der Waals surface area contributed by atoms with Gasteiger partial charge >= 0.3 is 161 Å². The molecule has 0 aromatic rings. The van der Waals surface area contributed by atoms with Gasteiger partial charge in [-0.05, 0) is 0 Å². The number of nitrogens with one attached hydrogen (secondary N) is 1. The van der Waals surface area contributed by atoms with Crippen LogP contribution in [0.15, 0.2) is 0 Å². The number of fused-ring (bicyclic) bond motifs is 1. The summed E-state index contributed by atoms with van der Waals surface area (Å²) >= 11 is -0.317. The van der Waals surface area contributed by atoms with E-state index in [1.165, 1.54) is 0 Å². The molecule has 1 N–H and O–H groups in total. The van der Waals surface area contributed by atoms with Crippen LogP contribution in [0, 0.1) is 23.7 Å². The first-order valence-corrected chi connectivity index (χ1v) is 13.7. The van der Waals surface area contributed by atoms with Crippen molar-refractivity contribution in [3.63, 3.8) is 0 Å². The van der Waals surface area contributed by atoms with Crippen LogP contribution in [0.4, 0.5) is 0 Å². The van der Waals surface area contributed by atoms with E-state index < -0.39 is 17.9 Å². The number of ether oxygens (including phenoxy) is 3. The SMILES string of the molecule is CCOC(=O)[C@@H]1C2CC3C(OC(=O)C31)C2OC(=O)C([I-]C)C1N[I-]1. The molecule has 2 saturated carbocycles. The van der Waals surface area contributed by atoms with Crippen LogP contribution in [0.25, 0.3) is 0 Å². The van der Waals surface area contributed by atoms with Crippen molar-refractivity contribution in [2.45, 2.75) is 33.5 Å². The molecule has 0 amide bonds. The molecule has 2 aliphatic carbocycles.